The smallest absolute Gasteiger partial charge is 0.263 e. The number of likely N-dealkylation sites (tertiary alicyclic amines) is 1. The maximum absolute atomic E-state index is 13.1. The van der Waals surface area contributed by atoms with Crippen molar-refractivity contribution >= 4 is 15.7 Å². The van der Waals surface area contributed by atoms with E-state index in [0.717, 1.165) is 6.26 Å². The Morgan fingerprint density at radius 1 is 1.41 bits per heavy atom. The van der Waals surface area contributed by atoms with Crippen LogP contribution in [-0.2, 0) is 14.6 Å². The van der Waals surface area contributed by atoms with Gasteiger partial charge in [0.25, 0.3) is 5.92 Å². The molecule has 0 spiro atoms. The summed E-state index contributed by atoms with van der Waals surface area (Å²) in [5.41, 5.74) is 0. The quantitative estimate of drug-likeness (QED) is 0.733. The highest BCUT2D eigenvalue weighted by Crippen LogP contribution is 2.55. The fourth-order valence-corrected chi connectivity index (χ4v) is 3.32. The maximum Gasteiger partial charge on any atom is 0.263 e. The van der Waals surface area contributed by atoms with Gasteiger partial charge in [-0.3, -0.25) is 4.79 Å². The highest BCUT2D eigenvalue weighted by Gasteiger charge is 2.70. The van der Waals surface area contributed by atoms with Crippen molar-refractivity contribution in [2.45, 2.75) is 24.5 Å². The van der Waals surface area contributed by atoms with E-state index >= 15 is 0 Å². The summed E-state index contributed by atoms with van der Waals surface area (Å²) >= 11 is 0. The summed E-state index contributed by atoms with van der Waals surface area (Å²) in [5, 5.41) is -0.603. The van der Waals surface area contributed by atoms with Gasteiger partial charge >= 0.3 is 0 Å². The highest BCUT2D eigenvalue weighted by molar-refractivity contribution is 7.91. The predicted molar refractivity (Wildman–Crippen MR) is 57.4 cm³/mol. The lowest BCUT2D eigenvalue weighted by atomic mass is 10.3. The molecule has 1 saturated heterocycles. The number of halogens is 2. The third-order valence-corrected chi connectivity index (χ3v) is 5.34. The van der Waals surface area contributed by atoms with Crippen molar-refractivity contribution in [1.82, 2.24) is 4.90 Å². The molecule has 1 amide bonds. The van der Waals surface area contributed by atoms with Gasteiger partial charge in [0.15, 0.2) is 9.84 Å². The van der Waals surface area contributed by atoms with Gasteiger partial charge < -0.3 is 4.90 Å². The standard InChI is InChI=1S/C10H15F2NO3S/c1-6-8(10(6,11)12)9(14)13-4-3-7(5-13)17(2,15)16/h6-8H,3-5H2,1-2H3. The molecule has 0 aromatic rings. The summed E-state index contributed by atoms with van der Waals surface area (Å²) in [5.74, 6) is -5.69. The first-order chi connectivity index (χ1) is 7.65. The summed E-state index contributed by atoms with van der Waals surface area (Å²) in [7, 11) is -3.20. The largest absolute Gasteiger partial charge is 0.341 e. The highest BCUT2D eigenvalue weighted by atomic mass is 32.2. The van der Waals surface area contributed by atoms with Gasteiger partial charge in [0.1, 0.15) is 5.92 Å². The van der Waals surface area contributed by atoms with Crippen molar-refractivity contribution in [3.05, 3.63) is 0 Å². The number of alkyl halides is 2. The summed E-state index contributed by atoms with van der Waals surface area (Å²) < 4.78 is 48.7. The van der Waals surface area contributed by atoms with Crippen molar-refractivity contribution in [2.75, 3.05) is 19.3 Å². The van der Waals surface area contributed by atoms with Crippen LogP contribution in [0.1, 0.15) is 13.3 Å². The lowest BCUT2D eigenvalue weighted by Gasteiger charge is -2.15. The van der Waals surface area contributed by atoms with E-state index in [0.29, 0.717) is 6.42 Å². The van der Waals surface area contributed by atoms with Crippen LogP contribution >= 0.6 is 0 Å². The molecule has 17 heavy (non-hydrogen) atoms. The first-order valence-electron chi connectivity index (χ1n) is 5.51. The van der Waals surface area contributed by atoms with Gasteiger partial charge in [-0.1, -0.05) is 6.92 Å². The van der Waals surface area contributed by atoms with Gasteiger partial charge in [0, 0.05) is 25.3 Å². The van der Waals surface area contributed by atoms with Gasteiger partial charge in [-0.2, -0.15) is 0 Å². The molecule has 0 N–H and O–H groups in total. The molecule has 0 bridgehead atoms. The molecule has 2 rings (SSSR count). The van der Waals surface area contributed by atoms with E-state index in [4.69, 9.17) is 0 Å². The van der Waals surface area contributed by atoms with Gasteiger partial charge in [0.05, 0.1) is 5.25 Å². The number of hydrogen-bond acceptors (Lipinski definition) is 3. The van der Waals surface area contributed by atoms with Crippen LogP contribution in [-0.4, -0.2) is 49.7 Å². The molecule has 3 atom stereocenters. The van der Waals surface area contributed by atoms with E-state index in [1.807, 2.05) is 0 Å². The number of nitrogens with zero attached hydrogens (tertiary/aromatic N) is 1. The third-order valence-electron chi connectivity index (χ3n) is 3.74. The molecule has 7 heteroatoms. The average molecular weight is 267 g/mol. The zero-order valence-corrected chi connectivity index (χ0v) is 10.5. The molecular weight excluding hydrogens is 252 g/mol. The van der Waals surface area contributed by atoms with E-state index in [1.54, 1.807) is 0 Å². The molecule has 1 heterocycles. The molecule has 2 aliphatic rings. The Balaban J connectivity index is 2.01. The number of hydrogen-bond donors (Lipinski definition) is 0. The van der Waals surface area contributed by atoms with Crippen LogP contribution in [0.15, 0.2) is 0 Å². The molecule has 0 aromatic carbocycles. The zero-order valence-electron chi connectivity index (χ0n) is 9.69. The SMILES string of the molecule is CC1C(C(=O)N2CCC(S(C)(=O)=O)C2)C1(F)F. The van der Waals surface area contributed by atoms with Gasteiger partial charge in [-0.25, -0.2) is 17.2 Å². The number of amides is 1. The Hall–Kier alpha value is -0.720. The van der Waals surface area contributed by atoms with Crippen molar-refractivity contribution in [2.24, 2.45) is 11.8 Å². The molecule has 1 aliphatic heterocycles. The number of sulfone groups is 1. The minimum atomic E-state index is -3.20. The number of rotatable bonds is 2. The topological polar surface area (TPSA) is 54.5 Å². The minimum absolute atomic E-state index is 0.0525. The van der Waals surface area contributed by atoms with Crippen LogP contribution in [0.25, 0.3) is 0 Å². The Morgan fingerprint density at radius 3 is 2.29 bits per heavy atom. The molecule has 3 unspecified atom stereocenters. The second-order valence-electron chi connectivity index (χ2n) is 4.97. The van der Waals surface area contributed by atoms with Crippen LogP contribution in [0.2, 0.25) is 0 Å². The van der Waals surface area contributed by atoms with E-state index in [1.165, 1.54) is 11.8 Å². The summed E-state index contributed by atoms with van der Waals surface area (Å²) in [6, 6.07) is 0. The predicted octanol–water partition coefficient (Wildman–Crippen LogP) is 0.533. The normalized spacial score (nSPS) is 36.0. The molecule has 98 valence electrons. The Morgan fingerprint density at radius 2 is 1.94 bits per heavy atom. The number of carbonyl (C=O) groups excluding carboxylic acids is 1. The molecule has 1 saturated carbocycles. The van der Waals surface area contributed by atoms with E-state index in [2.05, 4.69) is 0 Å². The Bertz CT molecular complexity index is 448. The summed E-state index contributed by atoms with van der Waals surface area (Å²) in [6.45, 7) is 1.65. The van der Waals surface area contributed by atoms with Crippen LogP contribution in [0, 0.1) is 11.8 Å². The van der Waals surface area contributed by atoms with Gasteiger partial charge in [-0.05, 0) is 6.42 Å². The first-order valence-corrected chi connectivity index (χ1v) is 7.46. The third kappa shape index (κ3) is 2.05. The van der Waals surface area contributed by atoms with Crippen LogP contribution < -0.4 is 0 Å². The van der Waals surface area contributed by atoms with Crippen molar-refractivity contribution in [3.63, 3.8) is 0 Å². The lowest BCUT2D eigenvalue weighted by molar-refractivity contribution is -0.133. The molecule has 0 aromatic heterocycles. The number of carbonyl (C=O) groups is 1. The monoisotopic (exact) mass is 267 g/mol. The molecule has 0 radical (unpaired) electrons. The van der Waals surface area contributed by atoms with Crippen LogP contribution in [0.4, 0.5) is 8.78 Å². The maximum atomic E-state index is 13.1. The second-order valence-corrected chi connectivity index (χ2v) is 7.29. The fraction of sp³-hybridized carbons (Fsp3) is 0.900. The van der Waals surface area contributed by atoms with E-state index in [9.17, 15) is 22.0 Å². The summed E-state index contributed by atoms with van der Waals surface area (Å²) in [4.78, 5) is 13.0. The molecule has 1 aliphatic carbocycles. The van der Waals surface area contributed by atoms with Crippen LogP contribution in [0.5, 0.6) is 0 Å². The van der Waals surface area contributed by atoms with Crippen molar-refractivity contribution in [3.8, 4) is 0 Å². The molecule has 2 fully saturated rings. The fourth-order valence-electron chi connectivity index (χ4n) is 2.33. The van der Waals surface area contributed by atoms with Crippen molar-refractivity contribution in [1.29, 1.82) is 0 Å². The summed E-state index contributed by atoms with van der Waals surface area (Å²) in [6.07, 6.45) is 1.46. The zero-order chi connectivity index (χ0) is 13.0. The molecular formula is C10H15F2NO3S. The Kier molecular flexibility index (Phi) is 2.72. The Labute approximate surface area is 98.9 Å². The van der Waals surface area contributed by atoms with Gasteiger partial charge in [-0.15, -0.1) is 0 Å². The van der Waals surface area contributed by atoms with Crippen molar-refractivity contribution < 1.29 is 22.0 Å². The van der Waals surface area contributed by atoms with E-state index < -0.39 is 38.8 Å². The minimum Gasteiger partial charge on any atom is -0.341 e. The van der Waals surface area contributed by atoms with Crippen LogP contribution in [0.3, 0.4) is 0 Å². The molecule has 4 nitrogen and oxygen atoms in total. The second kappa shape index (κ2) is 3.63. The average Bonchev–Trinajstić information content (AvgIpc) is 2.63. The lowest BCUT2D eigenvalue weighted by Crippen LogP contribution is -2.34. The first kappa shape index (κ1) is 12.7. The van der Waals surface area contributed by atoms with Gasteiger partial charge in [0.2, 0.25) is 5.91 Å². The van der Waals surface area contributed by atoms with E-state index in [-0.39, 0.29) is 13.1 Å².